The first-order chi connectivity index (χ1) is 14.3. The smallest absolute Gasteiger partial charge is 0.390 e. The predicted octanol–water partition coefficient (Wildman–Crippen LogP) is 1.67. The lowest BCUT2D eigenvalue weighted by Crippen LogP contribution is -2.42. The summed E-state index contributed by atoms with van der Waals surface area (Å²) in [5.41, 5.74) is 1.34. The highest BCUT2D eigenvalue weighted by Gasteiger charge is 2.44. The minimum absolute atomic E-state index is 0.00361. The van der Waals surface area contributed by atoms with Gasteiger partial charge < -0.3 is 4.42 Å². The molecule has 0 radical (unpaired) electrons. The second kappa shape index (κ2) is 6.63. The Morgan fingerprint density at radius 1 is 1.23 bits per heavy atom. The average Bonchev–Trinajstić information content (AvgIpc) is 3.25. The molecule has 0 aliphatic heterocycles. The highest BCUT2D eigenvalue weighted by Crippen LogP contribution is 2.49. The van der Waals surface area contributed by atoms with Crippen LogP contribution >= 0.6 is 11.6 Å². The van der Waals surface area contributed by atoms with E-state index >= 15 is 0 Å². The van der Waals surface area contributed by atoms with E-state index in [0.717, 1.165) is 12.8 Å². The van der Waals surface area contributed by atoms with Gasteiger partial charge in [-0.1, -0.05) is 35.9 Å². The molecule has 0 amide bonds. The second-order valence-corrected chi connectivity index (χ2v) is 8.34. The highest BCUT2D eigenvalue weighted by atomic mass is 35.5. The molecule has 11 heteroatoms. The summed E-state index contributed by atoms with van der Waals surface area (Å²) in [6, 6.07) is 7.71. The van der Waals surface area contributed by atoms with E-state index in [0.29, 0.717) is 5.02 Å². The molecule has 154 valence electrons. The summed E-state index contributed by atoms with van der Waals surface area (Å²) in [6.45, 7) is 2.15. The number of aryl methyl sites for hydroxylation is 1. The second-order valence-electron chi connectivity index (χ2n) is 7.90. The summed E-state index contributed by atoms with van der Waals surface area (Å²) in [6.07, 6.45) is 2.86. The van der Waals surface area contributed by atoms with Crippen LogP contribution in [-0.2, 0) is 19.0 Å². The SMILES string of the molecule is Cn1nnc2ncn(Cc3nn(C4CC(C)(c5ccc(Cl)cc5)C4)c(=O)o3)c(=O)c21. The van der Waals surface area contributed by atoms with Gasteiger partial charge in [-0.2, -0.15) is 4.68 Å². The van der Waals surface area contributed by atoms with Crippen LogP contribution in [0.3, 0.4) is 0 Å². The van der Waals surface area contributed by atoms with Crippen LogP contribution in [0.1, 0.15) is 37.3 Å². The van der Waals surface area contributed by atoms with Gasteiger partial charge in [0.2, 0.25) is 11.5 Å². The monoisotopic (exact) mass is 427 g/mol. The Kier molecular flexibility index (Phi) is 4.14. The van der Waals surface area contributed by atoms with Crippen molar-refractivity contribution in [3.8, 4) is 0 Å². The predicted molar refractivity (Wildman–Crippen MR) is 108 cm³/mol. The van der Waals surface area contributed by atoms with Crippen LogP contribution < -0.4 is 11.3 Å². The first-order valence-electron chi connectivity index (χ1n) is 9.43. The van der Waals surface area contributed by atoms with E-state index in [9.17, 15) is 9.59 Å². The van der Waals surface area contributed by atoms with Gasteiger partial charge in [0.15, 0.2) is 5.52 Å². The number of hydrogen-bond acceptors (Lipinski definition) is 7. The van der Waals surface area contributed by atoms with E-state index < -0.39 is 5.76 Å². The van der Waals surface area contributed by atoms with Crippen LogP contribution in [0.15, 0.2) is 44.6 Å². The summed E-state index contributed by atoms with van der Waals surface area (Å²) in [5.74, 6) is -0.379. The first-order valence-corrected chi connectivity index (χ1v) is 9.81. The fourth-order valence-electron chi connectivity index (χ4n) is 4.10. The van der Waals surface area contributed by atoms with Crippen LogP contribution in [0.2, 0.25) is 5.02 Å². The van der Waals surface area contributed by atoms with Crippen molar-refractivity contribution in [1.29, 1.82) is 0 Å². The Labute approximate surface area is 174 Å². The standard InChI is InChI=1S/C19H18ClN7O3/c1-19(11-3-5-12(20)6-4-11)7-13(8-19)27-18(29)30-14(23-27)9-26-10-21-16-15(17(26)28)25(2)24-22-16/h3-6,10,13H,7-9H2,1-2H3. The molecule has 10 nitrogen and oxygen atoms in total. The summed E-state index contributed by atoms with van der Waals surface area (Å²) in [5, 5.41) is 12.6. The number of benzene rings is 1. The summed E-state index contributed by atoms with van der Waals surface area (Å²) in [7, 11) is 1.62. The zero-order valence-corrected chi connectivity index (χ0v) is 17.1. The molecular formula is C19H18ClN7O3. The molecule has 4 aromatic rings. The molecule has 0 N–H and O–H groups in total. The lowest BCUT2D eigenvalue weighted by atomic mass is 9.63. The van der Waals surface area contributed by atoms with Crippen LogP contribution in [0.4, 0.5) is 0 Å². The Hall–Kier alpha value is -3.27. The molecule has 1 aromatic carbocycles. The maximum Gasteiger partial charge on any atom is 0.437 e. The zero-order valence-electron chi connectivity index (χ0n) is 16.3. The van der Waals surface area contributed by atoms with Crippen molar-refractivity contribution in [2.45, 2.75) is 37.8 Å². The Bertz CT molecular complexity index is 1360. The topological polar surface area (TPSA) is 114 Å². The third-order valence-electron chi connectivity index (χ3n) is 5.77. The normalized spacial score (nSPS) is 21.1. The lowest BCUT2D eigenvalue weighted by Gasteiger charge is -2.45. The Balaban J connectivity index is 1.37. The van der Waals surface area contributed by atoms with Gasteiger partial charge in [0.05, 0.1) is 6.04 Å². The molecule has 0 saturated heterocycles. The van der Waals surface area contributed by atoms with Gasteiger partial charge in [0.1, 0.15) is 12.9 Å². The van der Waals surface area contributed by atoms with E-state index in [1.54, 1.807) is 7.05 Å². The largest absolute Gasteiger partial charge is 0.437 e. The number of nitrogens with zero attached hydrogens (tertiary/aromatic N) is 7. The molecule has 1 aliphatic carbocycles. The quantitative estimate of drug-likeness (QED) is 0.486. The molecule has 0 bridgehead atoms. The van der Waals surface area contributed by atoms with Gasteiger partial charge in [-0.15, -0.1) is 10.2 Å². The van der Waals surface area contributed by atoms with Crippen molar-refractivity contribution >= 4 is 22.8 Å². The van der Waals surface area contributed by atoms with Crippen molar-refractivity contribution < 1.29 is 4.42 Å². The van der Waals surface area contributed by atoms with Gasteiger partial charge in [-0.05, 0) is 36.0 Å². The van der Waals surface area contributed by atoms with Gasteiger partial charge in [-0.25, -0.2) is 14.5 Å². The minimum atomic E-state index is -0.530. The van der Waals surface area contributed by atoms with Gasteiger partial charge in [0, 0.05) is 12.1 Å². The maximum atomic E-state index is 12.6. The van der Waals surface area contributed by atoms with Gasteiger partial charge in [-0.3, -0.25) is 9.36 Å². The average molecular weight is 428 g/mol. The number of fused-ring (bicyclic) bond motifs is 1. The minimum Gasteiger partial charge on any atom is -0.390 e. The molecule has 3 aromatic heterocycles. The van der Waals surface area contributed by atoms with E-state index in [-0.39, 0.29) is 40.6 Å². The molecule has 5 rings (SSSR count). The fourth-order valence-corrected chi connectivity index (χ4v) is 4.23. The van der Waals surface area contributed by atoms with E-state index in [4.69, 9.17) is 16.0 Å². The van der Waals surface area contributed by atoms with E-state index in [1.165, 1.54) is 25.8 Å². The molecule has 0 atom stereocenters. The number of hydrogen-bond donors (Lipinski definition) is 0. The van der Waals surface area contributed by atoms with Gasteiger partial charge in [0.25, 0.3) is 5.56 Å². The Morgan fingerprint density at radius 2 is 1.97 bits per heavy atom. The Morgan fingerprint density at radius 3 is 2.70 bits per heavy atom. The molecular weight excluding hydrogens is 410 g/mol. The summed E-state index contributed by atoms with van der Waals surface area (Å²) >= 11 is 5.98. The third kappa shape index (κ3) is 2.95. The molecule has 3 heterocycles. The zero-order chi connectivity index (χ0) is 21.0. The van der Waals surface area contributed by atoms with Crippen molar-refractivity contribution in [2.24, 2.45) is 7.05 Å². The summed E-state index contributed by atoms with van der Waals surface area (Å²) in [4.78, 5) is 29.1. The summed E-state index contributed by atoms with van der Waals surface area (Å²) < 4.78 is 9.35. The molecule has 30 heavy (non-hydrogen) atoms. The highest BCUT2D eigenvalue weighted by molar-refractivity contribution is 6.30. The van der Waals surface area contributed by atoms with Crippen molar-refractivity contribution in [3.63, 3.8) is 0 Å². The van der Waals surface area contributed by atoms with Crippen LogP contribution in [-0.4, -0.2) is 34.3 Å². The third-order valence-corrected chi connectivity index (χ3v) is 6.02. The van der Waals surface area contributed by atoms with Crippen LogP contribution in [0, 0.1) is 0 Å². The molecule has 1 aliphatic rings. The number of halogens is 1. The van der Waals surface area contributed by atoms with Crippen molar-refractivity contribution in [3.05, 3.63) is 68.0 Å². The van der Waals surface area contributed by atoms with Crippen molar-refractivity contribution in [1.82, 2.24) is 34.3 Å². The first kappa shape index (κ1) is 18.7. The molecule has 1 saturated carbocycles. The fraction of sp³-hybridized carbons (Fsp3) is 0.368. The molecule has 1 fully saturated rings. The van der Waals surface area contributed by atoms with E-state index in [2.05, 4.69) is 27.3 Å². The lowest BCUT2D eigenvalue weighted by molar-refractivity contribution is 0.147. The van der Waals surface area contributed by atoms with Crippen LogP contribution in [0.5, 0.6) is 0 Å². The number of aromatic nitrogens is 7. The maximum absolute atomic E-state index is 12.6. The van der Waals surface area contributed by atoms with Crippen LogP contribution in [0.25, 0.3) is 11.2 Å². The molecule has 0 spiro atoms. The van der Waals surface area contributed by atoms with E-state index in [1.807, 2.05) is 24.3 Å². The van der Waals surface area contributed by atoms with Crippen molar-refractivity contribution in [2.75, 3.05) is 0 Å². The molecule has 0 unspecified atom stereocenters. The number of rotatable bonds is 4. The van der Waals surface area contributed by atoms with Gasteiger partial charge >= 0.3 is 5.76 Å².